The number of rotatable bonds is 7. The van der Waals surface area contributed by atoms with Gasteiger partial charge < -0.3 is 4.57 Å². The van der Waals surface area contributed by atoms with E-state index in [0.29, 0.717) is 28.0 Å². The van der Waals surface area contributed by atoms with Crippen molar-refractivity contribution in [1.82, 2.24) is 14.8 Å². The van der Waals surface area contributed by atoms with Gasteiger partial charge >= 0.3 is 0 Å². The zero-order valence-corrected chi connectivity index (χ0v) is 16.8. The van der Waals surface area contributed by atoms with Gasteiger partial charge in [-0.1, -0.05) is 23.9 Å². The predicted molar refractivity (Wildman–Crippen MR) is 105 cm³/mol. The van der Waals surface area contributed by atoms with Crippen molar-refractivity contribution in [3.63, 3.8) is 0 Å². The van der Waals surface area contributed by atoms with Gasteiger partial charge in [0.2, 0.25) is 0 Å². The van der Waals surface area contributed by atoms with Gasteiger partial charge in [0, 0.05) is 24.2 Å². The third-order valence-electron chi connectivity index (χ3n) is 3.53. The Balaban J connectivity index is 1.81. The van der Waals surface area contributed by atoms with Gasteiger partial charge in [-0.15, -0.1) is 21.5 Å². The Labute approximate surface area is 165 Å². The Morgan fingerprint density at radius 3 is 2.81 bits per heavy atom. The summed E-state index contributed by atoms with van der Waals surface area (Å²) in [5.41, 5.74) is 0.620. The molecule has 26 heavy (non-hydrogen) atoms. The quantitative estimate of drug-likeness (QED) is 0.224. The molecule has 3 rings (SSSR count). The zero-order chi connectivity index (χ0) is 18.7. The third kappa shape index (κ3) is 4.02. The van der Waals surface area contributed by atoms with Crippen LogP contribution in [0.1, 0.15) is 16.6 Å². The number of nitrogens with zero attached hydrogens (tertiary/aromatic N) is 4. The molecule has 0 spiro atoms. The molecule has 3 aromatic rings. The van der Waals surface area contributed by atoms with E-state index in [4.69, 9.17) is 0 Å². The fraction of sp³-hybridized carbons (Fsp3) is 0.188. The number of halogens is 1. The van der Waals surface area contributed by atoms with Crippen molar-refractivity contribution in [2.24, 2.45) is 0 Å². The summed E-state index contributed by atoms with van der Waals surface area (Å²) in [6.07, 6.45) is 0. The van der Waals surface area contributed by atoms with Crippen LogP contribution in [0.4, 0.5) is 5.69 Å². The molecule has 2 aromatic heterocycles. The van der Waals surface area contributed by atoms with Crippen LogP contribution in [0, 0.1) is 10.1 Å². The highest BCUT2D eigenvalue weighted by atomic mass is 79.9. The number of thiophene rings is 1. The lowest BCUT2D eigenvalue weighted by molar-refractivity contribution is -0.384. The SMILES string of the molecule is CCn1c(SCC(=O)c2ccc(Br)s2)nnc1-c1cccc([N+](=O)[O-])c1. The molecule has 0 aliphatic rings. The number of hydrogen-bond acceptors (Lipinski definition) is 7. The highest BCUT2D eigenvalue weighted by Gasteiger charge is 2.17. The maximum atomic E-state index is 12.3. The average molecular weight is 453 g/mol. The number of benzene rings is 1. The van der Waals surface area contributed by atoms with Crippen LogP contribution in [0.15, 0.2) is 45.3 Å². The molecule has 0 saturated heterocycles. The molecule has 7 nitrogen and oxygen atoms in total. The summed E-state index contributed by atoms with van der Waals surface area (Å²) in [6.45, 7) is 2.53. The normalized spacial score (nSPS) is 10.8. The molecule has 0 bridgehead atoms. The summed E-state index contributed by atoms with van der Waals surface area (Å²) in [6, 6.07) is 9.91. The number of Topliss-reactive ketones (excluding diaryl/α,β-unsaturated/α-hetero) is 1. The first kappa shape index (κ1) is 18.7. The first-order chi connectivity index (χ1) is 12.5. The van der Waals surface area contributed by atoms with E-state index < -0.39 is 4.92 Å². The minimum absolute atomic E-state index is 0.000746. The second-order valence-electron chi connectivity index (χ2n) is 5.17. The number of carbonyl (C=O) groups is 1. The van der Waals surface area contributed by atoms with Crippen LogP contribution < -0.4 is 0 Å². The average Bonchev–Trinajstić information content (AvgIpc) is 3.25. The lowest BCUT2D eigenvalue weighted by atomic mass is 10.2. The van der Waals surface area contributed by atoms with E-state index in [2.05, 4.69) is 26.1 Å². The van der Waals surface area contributed by atoms with Crippen molar-refractivity contribution in [3.8, 4) is 11.4 Å². The van der Waals surface area contributed by atoms with Gasteiger partial charge in [-0.05, 0) is 35.0 Å². The molecule has 0 amide bonds. The number of aromatic nitrogens is 3. The minimum atomic E-state index is -0.441. The smallest absolute Gasteiger partial charge is 0.270 e. The van der Waals surface area contributed by atoms with Crippen LogP contribution in [0.5, 0.6) is 0 Å². The molecule has 0 fully saturated rings. The van der Waals surface area contributed by atoms with Crippen molar-refractivity contribution < 1.29 is 9.72 Å². The number of hydrogen-bond donors (Lipinski definition) is 0. The lowest BCUT2D eigenvalue weighted by Gasteiger charge is -2.07. The highest BCUT2D eigenvalue weighted by Crippen LogP contribution is 2.28. The monoisotopic (exact) mass is 452 g/mol. The van der Waals surface area contributed by atoms with E-state index in [9.17, 15) is 14.9 Å². The van der Waals surface area contributed by atoms with Crippen LogP contribution in [0.3, 0.4) is 0 Å². The van der Waals surface area contributed by atoms with E-state index >= 15 is 0 Å². The predicted octanol–water partition coefficient (Wildman–Crippen LogP) is 4.67. The highest BCUT2D eigenvalue weighted by molar-refractivity contribution is 9.11. The molecule has 0 radical (unpaired) electrons. The molecule has 0 aliphatic carbocycles. The van der Waals surface area contributed by atoms with Crippen molar-refractivity contribution in [1.29, 1.82) is 0 Å². The Morgan fingerprint density at radius 1 is 1.35 bits per heavy atom. The molecular weight excluding hydrogens is 440 g/mol. The molecule has 0 unspecified atom stereocenters. The number of ketones is 1. The second-order valence-corrected chi connectivity index (χ2v) is 8.58. The Kier molecular flexibility index (Phi) is 5.84. The Bertz CT molecular complexity index is 970. The van der Waals surface area contributed by atoms with Crippen LogP contribution in [-0.4, -0.2) is 31.2 Å². The second kappa shape index (κ2) is 8.11. The number of carbonyl (C=O) groups excluding carboxylic acids is 1. The minimum Gasteiger partial charge on any atom is -0.302 e. The molecule has 1 aromatic carbocycles. The molecule has 2 heterocycles. The van der Waals surface area contributed by atoms with E-state index in [0.717, 1.165) is 3.79 Å². The van der Waals surface area contributed by atoms with E-state index in [1.807, 2.05) is 17.6 Å². The van der Waals surface area contributed by atoms with Crippen LogP contribution >= 0.6 is 39.0 Å². The molecule has 134 valence electrons. The largest absolute Gasteiger partial charge is 0.302 e. The standard InChI is InChI=1S/C16H13BrN4O3S2/c1-2-20-15(10-4-3-5-11(8-10)21(23)24)18-19-16(20)25-9-12(22)13-6-7-14(17)26-13/h3-8H,2,9H2,1H3. The zero-order valence-electron chi connectivity index (χ0n) is 13.6. The Morgan fingerprint density at radius 2 is 2.15 bits per heavy atom. The number of nitro benzene ring substituents is 1. The van der Waals surface area contributed by atoms with Crippen LogP contribution in [0.2, 0.25) is 0 Å². The van der Waals surface area contributed by atoms with Gasteiger partial charge in [-0.2, -0.15) is 0 Å². The molecule has 0 aliphatic heterocycles. The third-order valence-corrected chi connectivity index (χ3v) is 6.16. The maximum absolute atomic E-state index is 12.3. The first-order valence-electron chi connectivity index (χ1n) is 7.59. The summed E-state index contributed by atoms with van der Waals surface area (Å²) in [7, 11) is 0. The van der Waals surface area contributed by atoms with E-state index in [-0.39, 0.29) is 17.2 Å². The van der Waals surface area contributed by atoms with Crippen LogP contribution in [0.25, 0.3) is 11.4 Å². The van der Waals surface area contributed by atoms with Gasteiger partial charge in [0.1, 0.15) is 0 Å². The first-order valence-corrected chi connectivity index (χ1v) is 10.2. The van der Waals surface area contributed by atoms with Gasteiger partial charge in [0.15, 0.2) is 16.8 Å². The molecule has 0 atom stereocenters. The van der Waals surface area contributed by atoms with Gasteiger partial charge in [0.25, 0.3) is 5.69 Å². The van der Waals surface area contributed by atoms with E-state index in [1.54, 1.807) is 18.2 Å². The Hall–Kier alpha value is -2.04. The maximum Gasteiger partial charge on any atom is 0.270 e. The fourth-order valence-corrected chi connectivity index (χ4v) is 4.62. The van der Waals surface area contributed by atoms with Gasteiger partial charge in [-0.3, -0.25) is 14.9 Å². The summed E-state index contributed by atoms with van der Waals surface area (Å²) in [4.78, 5) is 23.5. The molecule has 10 heteroatoms. The fourth-order valence-electron chi connectivity index (χ4n) is 2.32. The summed E-state index contributed by atoms with van der Waals surface area (Å²) >= 11 is 6.05. The van der Waals surface area contributed by atoms with Crippen molar-refractivity contribution in [3.05, 3.63) is 55.2 Å². The molecular formula is C16H13BrN4O3S2. The van der Waals surface area contributed by atoms with Crippen LogP contribution in [-0.2, 0) is 6.54 Å². The molecule has 0 saturated carbocycles. The summed E-state index contributed by atoms with van der Waals surface area (Å²) in [5.74, 6) is 0.818. The number of non-ortho nitro benzene ring substituents is 1. The van der Waals surface area contributed by atoms with Gasteiger partial charge in [0.05, 0.1) is 19.3 Å². The number of nitro groups is 1. The van der Waals surface area contributed by atoms with Gasteiger partial charge in [-0.25, -0.2) is 0 Å². The van der Waals surface area contributed by atoms with Crippen molar-refractivity contribution in [2.45, 2.75) is 18.6 Å². The molecule has 0 N–H and O–H groups in total. The lowest BCUT2D eigenvalue weighted by Crippen LogP contribution is -2.04. The summed E-state index contributed by atoms with van der Waals surface area (Å²) < 4.78 is 2.76. The van der Waals surface area contributed by atoms with Crippen molar-refractivity contribution in [2.75, 3.05) is 5.75 Å². The number of thioether (sulfide) groups is 1. The van der Waals surface area contributed by atoms with E-state index in [1.165, 1.54) is 35.2 Å². The summed E-state index contributed by atoms with van der Waals surface area (Å²) in [5, 5.41) is 19.9. The topological polar surface area (TPSA) is 90.9 Å². The van der Waals surface area contributed by atoms with Crippen molar-refractivity contribution >= 4 is 50.5 Å².